The Bertz CT molecular complexity index is 317. The smallest absolute Gasteiger partial charge is 0.235 e. The molecule has 0 saturated heterocycles. The molecular weight excluding hydrogens is 263 g/mol. The van der Waals surface area contributed by atoms with Crippen molar-refractivity contribution in [3.63, 3.8) is 0 Å². The molecule has 72 valence electrons. The molecule has 0 atom stereocenters. The second-order valence-corrected chi connectivity index (χ2v) is 3.50. The van der Waals surface area contributed by atoms with Gasteiger partial charge in [-0.3, -0.25) is 0 Å². The molecule has 0 spiro atoms. The highest BCUT2D eigenvalue weighted by Crippen LogP contribution is 2.26. The summed E-state index contributed by atoms with van der Waals surface area (Å²) in [5.41, 5.74) is 1.01. The molecule has 0 N–H and O–H groups in total. The number of halogens is 4. The van der Waals surface area contributed by atoms with E-state index in [1.807, 2.05) is 0 Å². The number of rotatable bonds is 2. The minimum Gasteiger partial charge on any atom is -0.235 e. The molecule has 0 aromatic carbocycles. The Labute approximate surface area is 88.2 Å². The highest BCUT2D eigenvalue weighted by atomic mass is 79.9. The number of hydrogen-bond acceptors (Lipinski definition) is 1. The summed E-state index contributed by atoms with van der Waals surface area (Å²) in [4.78, 5) is 3.58. The lowest BCUT2D eigenvalue weighted by Crippen LogP contribution is -1.98. The average Bonchev–Trinajstić information content (AvgIpc) is 2.08. The Balaban J connectivity index is 3.27. The minimum absolute atomic E-state index is 0.107. The molecule has 0 aliphatic carbocycles. The van der Waals surface area contributed by atoms with E-state index in [1.165, 1.54) is 0 Å². The zero-order chi connectivity index (χ0) is 10.0. The van der Waals surface area contributed by atoms with Crippen LogP contribution in [0.1, 0.15) is 23.2 Å². The Kier molecular flexibility index (Phi) is 3.62. The Hall–Kier alpha value is -0.220. The van der Waals surface area contributed by atoms with E-state index in [4.69, 9.17) is 11.6 Å². The molecule has 1 heterocycles. The van der Waals surface area contributed by atoms with E-state index < -0.39 is 6.43 Å². The van der Waals surface area contributed by atoms with Crippen LogP contribution in [0.25, 0.3) is 0 Å². The molecule has 0 amide bonds. The van der Waals surface area contributed by atoms with E-state index in [9.17, 15) is 8.78 Å². The van der Waals surface area contributed by atoms with Gasteiger partial charge >= 0.3 is 0 Å². The molecule has 0 bridgehead atoms. The van der Waals surface area contributed by atoms with Crippen LogP contribution in [0.3, 0.4) is 0 Å². The fraction of sp³-hybridized carbons (Fsp3) is 0.375. The first-order valence-electron chi connectivity index (χ1n) is 3.56. The first-order valence-corrected chi connectivity index (χ1v) is 5.06. The molecule has 0 saturated carbocycles. The van der Waals surface area contributed by atoms with Gasteiger partial charge in [0.15, 0.2) is 0 Å². The van der Waals surface area contributed by atoms with Gasteiger partial charge < -0.3 is 0 Å². The van der Waals surface area contributed by atoms with Gasteiger partial charge in [0.1, 0.15) is 10.8 Å². The predicted molar refractivity (Wildman–Crippen MR) is 51.6 cm³/mol. The second-order valence-electron chi connectivity index (χ2n) is 2.55. The topological polar surface area (TPSA) is 12.9 Å². The molecule has 0 aliphatic heterocycles. The monoisotopic (exact) mass is 269 g/mol. The summed E-state index contributed by atoms with van der Waals surface area (Å²) in [5.74, 6) is 0. The molecular formula is C8H7BrClF2N. The van der Waals surface area contributed by atoms with Crippen LogP contribution in [0, 0.1) is 6.92 Å². The number of aromatic nitrogens is 1. The third-order valence-corrected chi connectivity index (χ3v) is 2.53. The van der Waals surface area contributed by atoms with E-state index >= 15 is 0 Å². The average molecular weight is 271 g/mol. The van der Waals surface area contributed by atoms with Gasteiger partial charge in [0.2, 0.25) is 0 Å². The largest absolute Gasteiger partial charge is 0.280 e. The standard InChI is InChI=1S/C8H7BrClF2N/c1-4-5(3-9)2-6(10)13-7(4)8(11)12/h2,8H,3H2,1H3. The van der Waals surface area contributed by atoms with Gasteiger partial charge in [-0.15, -0.1) is 0 Å². The SMILES string of the molecule is Cc1c(CBr)cc(Cl)nc1C(F)F. The summed E-state index contributed by atoms with van der Waals surface area (Å²) in [6.07, 6.45) is -2.57. The van der Waals surface area contributed by atoms with Gasteiger partial charge in [-0.1, -0.05) is 27.5 Å². The lowest BCUT2D eigenvalue weighted by Gasteiger charge is -2.08. The maximum Gasteiger partial charge on any atom is 0.280 e. The molecule has 1 nitrogen and oxygen atoms in total. The van der Waals surface area contributed by atoms with Gasteiger partial charge in [-0.25, -0.2) is 13.8 Å². The summed E-state index contributed by atoms with van der Waals surface area (Å²) in [6, 6.07) is 1.58. The first kappa shape index (κ1) is 10.9. The van der Waals surface area contributed by atoms with Crippen LogP contribution in [0.15, 0.2) is 6.07 Å². The molecule has 1 rings (SSSR count). The van der Waals surface area contributed by atoms with Crippen molar-refractivity contribution < 1.29 is 8.78 Å². The Morgan fingerprint density at radius 2 is 2.23 bits per heavy atom. The zero-order valence-corrected chi connectivity index (χ0v) is 9.16. The fourth-order valence-corrected chi connectivity index (χ4v) is 1.80. The second kappa shape index (κ2) is 4.33. The predicted octanol–water partition coefficient (Wildman–Crippen LogP) is 3.88. The molecule has 5 heteroatoms. The van der Waals surface area contributed by atoms with Gasteiger partial charge in [0.25, 0.3) is 6.43 Å². The third kappa shape index (κ3) is 2.38. The zero-order valence-electron chi connectivity index (χ0n) is 6.82. The number of hydrogen-bond donors (Lipinski definition) is 0. The molecule has 1 aromatic rings. The highest BCUT2D eigenvalue weighted by molar-refractivity contribution is 9.08. The van der Waals surface area contributed by atoms with Crippen molar-refractivity contribution in [1.29, 1.82) is 0 Å². The van der Waals surface area contributed by atoms with Gasteiger partial charge in [-0.05, 0) is 24.1 Å². The third-order valence-electron chi connectivity index (χ3n) is 1.74. The summed E-state index contributed by atoms with van der Waals surface area (Å²) in [5, 5.41) is 0.608. The van der Waals surface area contributed by atoms with Gasteiger partial charge in [-0.2, -0.15) is 0 Å². The normalized spacial score (nSPS) is 10.9. The van der Waals surface area contributed by atoms with Gasteiger partial charge in [0, 0.05) is 5.33 Å². The van der Waals surface area contributed by atoms with Crippen LogP contribution in [0.4, 0.5) is 8.78 Å². The summed E-state index contributed by atoms with van der Waals surface area (Å²) >= 11 is 8.77. The van der Waals surface area contributed by atoms with E-state index in [1.54, 1.807) is 13.0 Å². The maximum atomic E-state index is 12.4. The fourth-order valence-electron chi connectivity index (χ4n) is 0.999. The van der Waals surface area contributed by atoms with Crippen LogP contribution >= 0.6 is 27.5 Å². The molecule has 0 radical (unpaired) electrons. The summed E-state index contributed by atoms with van der Waals surface area (Å²) in [7, 11) is 0. The molecule has 13 heavy (non-hydrogen) atoms. The van der Waals surface area contributed by atoms with Crippen LogP contribution in [0.5, 0.6) is 0 Å². The van der Waals surface area contributed by atoms with Gasteiger partial charge in [0.05, 0.1) is 0 Å². The maximum absolute atomic E-state index is 12.4. The Morgan fingerprint density at radius 1 is 1.62 bits per heavy atom. The van der Waals surface area contributed by atoms with E-state index in [0.29, 0.717) is 10.9 Å². The summed E-state index contributed by atoms with van der Waals surface area (Å²) < 4.78 is 24.8. The summed E-state index contributed by atoms with van der Waals surface area (Å²) in [6.45, 7) is 1.61. The van der Waals surface area contributed by atoms with E-state index in [-0.39, 0.29) is 10.8 Å². The van der Waals surface area contributed by atoms with E-state index in [2.05, 4.69) is 20.9 Å². The van der Waals surface area contributed by atoms with Crippen molar-refractivity contribution in [2.24, 2.45) is 0 Å². The lowest BCUT2D eigenvalue weighted by molar-refractivity contribution is 0.145. The first-order chi connectivity index (χ1) is 6.06. The quantitative estimate of drug-likeness (QED) is 0.587. The van der Waals surface area contributed by atoms with Crippen molar-refractivity contribution in [3.05, 3.63) is 28.0 Å². The number of pyridine rings is 1. The lowest BCUT2D eigenvalue weighted by atomic mass is 10.1. The molecule has 0 aliphatic rings. The van der Waals surface area contributed by atoms with Crippen molar-refractivity contribution in [2.45, 2.75) is 18.7 Å². The molecule has 1 aromatic heterocycles. The van der Waals surface area contributed by atoms with Crippen molar-refractivity contribution in [2.75, 3.05) is 0 Å². The molecule has 0 fully saturated rings. The van der Waals surface area contributed by atoms with Crippen LogP contribution < -0.4 is 0 Å². The number of nitrogens with zero attached hydrogens (tertiary/aromatic N) is 1. The number of alkyl halides is 3. The highest BCUT2D eigenvalue weighted by Gasteiger charge is 2.15. The Morgan fingerprint density at radius 3 is 2.69 bits per heavy atom. The van der Waals surface area contributed by atoms with Crippen molar-refractivity contribution >= 4 is 27.5 Å². The minimum atomic E-state index is -2.57. The van der Waals surface area contributed by atoms with Crippen LogP contribution in [-0.4, -0.2) is 4.98 Å². The van der Waals surface area contributed by atoms with Crippen LogP contribution in [0.2, 0.25) is 5.15 Å². The van der Waals surface area contributed by atoms with E-state index in [0.717, 1.165) is 5.56 Å². The van der Waals surface area contributed by atoms with Crippen molar-refractivity contribution in [1.82, 2.24) is 4.98 Å². The molecule has 0 unspecified atom stereocenters. The van der Waals surface area contributed by atoms with Crippen LogP contribution in [-0.2, 0) is 5.33 Å². The van der Waals surface area contributed by atoms with Crippen molar-refractivity contribution in [3.8, 4) is 0 Å².